The van der Waals surface area contributed by atoms with Crippen molar-refractivity contribution in [3.05, 3.63) is 57.0 Å². The summed E-state index contributed by atoms with van der Waals surface area (Å²) in [6.45, 7) is 4.55. The lowest BCUT2D eigenvalue weighted by atomic mass is 10.1. The highest BCUT2D eigenvalue weighted by Crippen LogP contribution is 2.37. The Morgan fingerprint density at radius 3 is 2.43 bits per heavy atom. The van der Waals surface area contributed by atoms with Crippen LogP contribution in [0.4, 0.5) is 5.69 Å². The summed E-state index contributed by atoms with van der Waals surface area (Å²) in [5, 5.41) is 1.55. The number of carbonyl (C=O) groups is 2. The molecule has 8 heteroatoms. The van der Waals surface area contributed by atoms with Crippen LogP contribution in [0.15, 0.2) is 46.4 Å². The number of hydrogen-bond acceptors (Lipinski definition) is 4. The van der Waals surface area contributed by atoms with Gasteiger partial charge in [0.1, 0.15) is 5.57 Å². The Balaban J connectivity index is 1.95. The molecule has 3 rings (SSSR count). The quantitative estimate of drug-likeness (QED) is 0.508. The Hall–Kier alpha value is -2.51. The van der Waals surface area contributed by atoms with E-state index in [2.05, 4.69) is 21.4 Å². The Kier molecular flexibility index (Phi) is 6.26. The van der Waals surface area contributed by atoms with E-state index in [1.54, 1.807) is 36.4 Å². The standard InChI is InChI=1S/C20H18BrClN2O4/c1-3-27-17-11-12(10-16(22)18(17)28-4-2)9-15-19(25)23-24(20(15)26)14-7-5-13(21)6-8-14/h5-11H,3-4H2,1-2H3,(H,23,25). The van der Waals surface area contributed by atoms with Crippen LogP contribution in [0, 0.1) is 0 Å². The minimum Gasteiger partial charge on any atom is -0.490 e. The van der Waals surface area contributed by atoms with E-state index in [1.165, 1.54) is 11.1 Å². The first-order valence-electron chi connectivity index (χ1n) is 8.66. The molecule has 2 aromatic carbocycles. The van der Waals surface area contributed by atoms with Gasteiger partial charge in [-0.25, -0.2) is 5.01 Å². The van der Waals surface area contributed by atoms with E-state index in [0.29, 0.717) is 41.0 Å². The van der Waals surface area contributed by atoms with Crippen LogP contribution in [-0.4, -0.2) is 25.0 Å². The molecule has 146 valence electrons. The molecule has 0 aromatic heterocycles. The fourth-order valence-corrected chi connectivity index (χ4v) is 3.25. The minimum atomic E-state index is -0.490. The maximum Gasteiger partial charge on any atom is 0.282 e. The molecule has 1 fully saturated rings. The third-order valence-corrected chi connectivity index (χ3v) is 4.72. The fraction of sp³-hybridized carbons (Fsp3) is 0.200. The van der Waals surface area contributed by atoms with E-state index in [1.807, 2.05) is 13.8 Å². The second kappa shape index (κ2) is 8.67. The van der Waals surface area contributed by atoms with Crippen LogP contribution in [-0.2, 0) is 9.59 Å². The lowest BCUT2D eigenvalue weighted by Crippen LogP contribution is -2.35. The number of amides is 2. The summed E-state index contributed by atoms with van der Waals surface area (Å²) in [4.78, 5) is 25.1. The molecule has 0 radical (unpaired) electrons. The van der Waals surface area contributed by atoms with Gasteiger partial charge in [-0.15, -0.1) is 0 Å². The van der Waals surface area contributed by atoms with Crippen LogP contribution in [0.2, 0.25) is 5.02 Å². The van der Waals surface area contributed by atoms with E-state index in [0.717, 1.165) is 4.47 Å². The van der Waals surface area contributed by atoms with Crippen molar-refractivity contribution in [3.8, 4) is 11.5 Å². The molecule has 1 aliphatic rings. The number of ether oxygens (including phenoxy) is 2. The van der Waals surface area contributed by atoms with Crippen LogP contribution < -0.4 is 19.9 Å². The second-order valence-corrected chi connectivity index (χ2v) is 7.13. The van der Waals surface area contributed by atoms with Crippen molar-refractivity contribution in [2.45, 2.75) is 13.8 Å². The molecule has 2 aromatic rings. The molecular weight excluding hydrogens is 448 g/mol. The van der Waals surface area contributed by atoms with Crippen molar-refractivity contribution in [3.63, 3.8) is 0 Å². The Labute approximate surface area is 176 Å². The molecule has 2 amide bonds. The highest BCUT2D eigenvalue weighted by Gasteiger charge is 2.34. The van der Waals surface area contributed by atoms with Gasteiger partial charge in [0.2, 0.25) is 0 Å². The smallest absolute Gasteiger partial charge is 0.282 e. The van der Waals surface area contributed by atoms with Gasteiger partial charge < -0.3 is 9.47 Å². The number of anilines is 1. The van der Waals surface area contributed by atoms with Gasteiger partial charge in [0.05, 0.1) is 23.9 Å². The average Bonchev–Trinajstić information content (AvgIpc) is 2.94. The number of carbonyl (C=O) groups excluding carboxylic acids is 2. The molecule has 1 N–H and O–H groups in total. The zero-order valence-corrected chi connectivity index (χ0v) is 17.6. The summed E-state index contributed by atoms with van der Waals surface area (Å²) in [5.74, 6) is -0.0441. The molecule has 1 saturated heterocycles. The molecule has 0 aliphatic carbocycles. The molecule has 0 atom stereocenters. The molecule has 28 heavy (non-hydrogen) atoms. The van der Waals surface area contributed by atoms with Crippen LogP contribution in [0.5, 0.6) is 11.5 Å². The lowest BCUT2D eigenvalue weighted by Gasteiger charge is -2.14. The van der Waals surface area contributed by atoms with Crippen LogP contribution in [0.3, 0.4) is 0 Å². The molecule has 0 saturated carbocycles. The predicted molar refractivity (Wildman–Crippen MR) is 112 cm³/mol. The Morgan fingerprint density at radius 1 is 1.11 bits per heavy atom. The number of nitrogens with one attached hydrogen (secondary N) is 1. The molecular formula is C20H18BrClN2O4. The summed E-state index contributed by atoms with van der Waals surface area (Å²) < 4.78 is 12.0. The van der Waals surface area contributed by atoms with Crippen molar-refractivity contribution in [1.29, 1.82) is 0 Å². The van der Waals surface area contributed by atoms with Crippen molar-refractivity contribution in [2.24, 2.45) is 0 Å². The lowest BCUT2D eigenvalue weighted by molar-refractivity contribution is -0.117. The van der Waals surface area contributed by atoms with E-state index in [9.17, 15) is 9.59 Å². The van der Waals surface area contributed by atoms with Crippen molar-refractivity contribution in [1.82, 2.24) is 5.43 Å². The van der Waals surface area contributed by atoms with Crippen molar-refractivity contribution in [2.75, 3.05) is 18.2 Å². The van der Waals surface area contributed by atoms with E-state index < -0.39 is 11.8 Å². The van der Waals surface area contributed by atoms with Crippen LogP contribution in [0.1, 0.15) is 19.4 Å². The third kappa shape index (κ3) is 4.15. The first-order valence-corrected chi connectivity index (χ1v) is 9.83. The molecule has 0 spiro atoms. The fourth-order valence-electron chi connectivity index (χ4n) is 2.71. The average molecular weight is 466 g/mol. The molecule has 0 unspecified atom stereocenters. The van der Waals surface area contributed by atoms with Gasteiger partial charge >= 0.3 is 0 Å². The molecule has 6 nitrogen and oxygen atoms in total. The monoisotopic (exact) mass is 464 g/mol. The number of benzene rings is 2. The zero-order valence-electron chi connectivity index (χ0n) is 15.3. The maximum absolute atomic E-state index is 12.7. The third-order valence-electron chi connectivity index (χ3n) is 3.91. The number of nitrogens with zero attached hydrogens (tertiary/aromatic N) is 1. The topological polar surface area (TPSA) is 67.9 Å². The number of rotatable bonds is 6. The maximum atomic E-state index is 12.7. The van der Waals surface area contributed by atoms with Gasteiger partial charge in [-0.1, -0.05) is 27.5 Å². The van der Waals surface area contributed by atoms with E-state index >= 15 is 0 Å². The first kappa shape index (κ1) is 20.2. The van der Waals surface area contributed by atoms with Crippen LogP contribution >= 0.6 is 27.5 Å². The Bertz CT molecular complexity index is 944. The van der Waals surface area contributed by atoms with E-state index in [4.69, 9.17) is 21.1 Å². The first-order chi connectivity index (χ1) is 13.4. The van der Waals surface area contributed by atoms with Gasteiger partial charge in [-0.2, -0.15) is 0 Å². The normalized spacial score (nSPS) is 15.1. The highest BCUT2D eigenvalue weighted by atomic mass is 79.9. The predicted octanol–water partition coefficient (Wildman–Crippen LogP) is 4.36. The van der Waals surface area contributed by atoms with Gasteiger partial charge in [-0.05, 0) is 61.9 Å². The van der Waals surface area contributed by atoms with Crippen molar-refractivity contribution < 1.29 is 19.1 Å². The van der Waals surface area contributed by atoms with Gasteiger partial charge in [0, 0.05) is 4.47 Å². The van der Waals surface area contributed by atoms with Crippen molar-refractivity contribution >= 4 is 51.1 Å². The number of halogens is 2. The highest BCUT2D eigenvalue weighted by molar-refractivity contribution is 9.10. The summed E-state index contributed by atoms with van der Waals surface area (Å²) in [6, 6.07) is 10.4. The zero-order chi connectivity index (χ0) is 20.3. The summed E-state index contributed by atoms with van der Waals surface area (Å²) in [5.41, 5.74) is 3.70. The van der Waals surface area contributed by atoms with Gasteiger partial charge in [0.25, 0.3) is 11.8 Å². The minimum absolute atomic E-state index is 0.00518. The largest absolute Gasteiger partial charge is 0.490 e. The van der Waals surface area contributed by atoms with Gasteiger partial charge in [0.15, 0.2) is 11.5 Å². The second-order valence-electron chi connectivity index (χ2n) is 5.81. The number of hydrogen-bond donors (Lipinski definition) is 1. The molecule has 0 bridgehead atoms. The van der Waals surface area contributed by atoms with E-state index in [-0.39, 0.29) is 5.57 Å². The molecule has 1 aliphatic heterocycles. The SMILES string of the molecule is CCOc1cc(C=C2C(=O)NN(c3ccc(Br)cc3)C2=O)cc(Cl)c1OCC. The summed E-state index contributed by atoms with van der Waals surface area (Å²) in [7, 11) is 0. The van der Waals surface area contributed by atoms with Crippen LogP contribution in [0.25, 0.3) is 6.08 Å². The number of hydrazine groups is 1. The summed E-state index contributed by atoms with van der Waals surface area (Å²) in [6.07, 6.45) is 1.49. The Morgan fingerprint density at radius 2 is 1.79 bits per heavy atom. The summed E-state index contributed by atoms with van der Waals surface area (Å²) >= 11 is 9.66. The molecule has 1 heterocycles. The van der Waals surface area contributed by atoms with Gasteiger partial charge in [-0.3, -0.25) is 15.0 Å².